The molecule has 1 fully saturated rings. The fourth-order valence-electron chi connectivity index (χ4n) is 2.47. The molecule has 2 rings (SSSR count). The second-order valence-corrected chi connectivity index (χ2v) is 5.64. The number of rotatable bonds is 4. The van der Waals surface area contributed by atoms with Gasteiger partial charge in [-0.05, 0) is 55.5 Å². The van der Waals surface area contributed by atoms with E-state index in [4.69, 9.17) is 0 Å². The second kappa shape index (κ2) is 5.33. The molecule has 0 saturated heterocycles. The molecular weight excluding hydrogens is 262 g/mol. The van der Waals surface area contributed by atoms with Gasteiger partial charge in [-0.1, -0.05) is 35.3 Å². The summed E-state index contributed by atoms with van der Waals surface area (Å²) in [5.41, 5.74) is 2.88. The van der Waals surface area contributed by atoms with Crippen molar-refractivity contribution < 1.29 is 0 Å². The predicted molar refractivity (Wildman–Crippen MR) is 72.6 cm³/mol. The molecule has 1 aromatic carbocycles. The molecule has 1 atom stereocenters. The summed E-state index contributed by atoms with van der Waals surface area (Å²) in [4.78, 5) is 0. The Balaban J connectivity index is 2.25. The van der Waals surface area contributed by atoms with Crippen molar-refractivity contribution in [2.75, 3.05) is 6.54 Å². The van der Waals surface area contributed by atoms with Crippen LogP contribution >= 0.6 is 15.9 Å². The van der Waals surface area contributed by atoms with Crippen molar-refractivity contribution >= 4 is 15.9 Å². The van der Waals surface area contributed by atoms with Crippen LogP contribution in [-0.4, -0.2) is 6.54 Å². The monoisotopic (exact) mass is 281 g/mol. The van der Waals surface area contributed by atoms with E-state index in [1.807, 2.05) is 0 Å². The average Bonchev–Trinajstić information content (AvgIpc) is 2.18. The summed E-state index contributed by atoms with van der Waals surface area (Å²) >= 11 is 3.58. The minimum Gasteiger partial charge on any atom is -0.310 e. The summed E-state index contributed by atoms with van der Waals surface area (Å²) in [6, 6.07) is 7.17. The zero-order chi connectivity index (χ0) is 11.5. The minimum absolute atomic E-state index is 0.552. The summed E-state index contributed by atoms with van der Waals surface area (Å²) in [5, 5.41) is 3.65. The maximum Gasteiger partial charge on any atom is 0.0351 e. The van der Waals surface area contributed by atoms with Gasteiger partial charge in [0.15, 0.2) is 0 Å². The molecule has 1 N–H and O–H groups in total. The molecule has 1 saturated carbocycles. The molecule has 1 aromatic rings. The fraction of sp³-hybridized carbons (Fsp3) is 0.571. The first-order valence-electron chi connectivity index (χ1n) is 6.21. The Bertz CT molecular complexity index is 358. The number of halogens is 1. The maximum absolute atomic E-state index is 3.65. The van der Waals surface area contributed by atoms with Crippen LogP contribution in [0.4, 0.5) is 0 Å². The molecule has 1 aliphatic carbocycles. The van der Waals surface area contributed by atoms with Gasteiger partial charge in [0, 0.05) is 10.5 Å². The van der Waals surface area contributed by atoms with Crippen LogP contribution < -0.4 is 5.32 Å². The SMILES string of the molecule is CCNC(c1cc(Br)ccc1C)C1CCC1. The molecule has 16 heavy (non-hydrogen) atoms. The molecule has 1 nitrogen and oxygen atoms in total. The van der Waals surface area contributed by atoms with Gasteiger partial charge in [0.25, 0.3) is 0 Å². The molecule has 88 valence electrons. The van der Waals surface area contributed by atoms with E-state index in [1.165, 1.54) is 34.9 Å². The van der Waals surface area contributed by atoms with E-state index >= 15 is 0 Å². The van der Waals surface area contributed by atoms with E-state index in [0.717, 1.165) is 12.5 Å². The van der Waals surface area contributed by atoms with Gasteiger partial charge >= 0.3 is 0 Å². The van der Waals surface area contributed by atoms with Crippen LogP contribution in [0.15, 0.2) is 22.7 Å². The van der Waals surface area contributed by atoms with Crippen molar-refractivity contribution in [1.29, 1.82) is 0 Å². The lowest BCUT2D eigenvalue weighted by atomic mass is 9.76. The highest BCUT2D eigenvalue weighted by molar-refractivity contribution is 9.10. The van der Waals surface area contributed by atoms with Crippen LogP contribution in [0.25, 0.3) is 0 Å². The van der Waals surface area contributed by atoms with Crippen molar-refractivity contribution in [1.82, 2.24) is 5.32 Å². The summed E-state index contributed by atoms with van der Waals surface area (Å²) < 4.78 is 1.19. The van der Waals surface area contributed by atoms with E-state index < -0.39 is 0 Å². The number of nitrogens with one attached hydrogen (secondary N) is 1. The number of hydrogen-bond donors (Lipinski definition) is 1. The van der Waals surface area contributed by atoms with Gasteiger partial charge in [-0.15, -0.1) is 0 Å². The van der Waals surface area contributed by atoms with E-state index in [1.54, 1.807) is 0 Å². The zero-order valence-corrected chi connectivity index (χ0v) is 11.7. The van der Waals surface area contributed by atoms with Crippen LogP contribution in [0.1, 0.15) is 43.4 Å². The normalized spacial score (nSPS) is 18.2. The molecule has 1 unspecified atom stereocenters. The van der Waals surface area contributed by atoms with Crippen LogP contribution in [0.3, 0.4) is 0 Å². The molecule has 0 heterocycles. The topological polar surface area (TPSA) is 12.0 Å². The second-order valence-electron chi connectivity index (χ2n) is 4.73. The van der Waals surface area contributed by atoms with Gasteiger partial charge in [-0.2, -0.15) is 0 Å². The molecule has 1 aliphatic rings. The first-order chi connectivity index (χ1) is 7.72. The van der Waals surface area contributed by atoms with Gasteiger partial charge in [0.2, 0.25) is 0 Å². The van der Waals surface area contributed by atoms with Crippen LogP contribution in [0.5, 0.6) is 0 Å². The minimum atomic E-state index is 0.552. The summed E-state index contributed by atoms with van der Waals surface area (Å²) in [5.74, 6) is 0.841. The summed E-state index contributed by atoms with van der Waals surface area (Å²) in [6.07, 6.45) is 4.16. The van der Waals surface area contributed by atoms with Crippen molar-refractivity contribution in [3.05, 3.63) is 33.8 Å². The van der Waals surface area contributed by atoms with Gasteiger partial charge in [-0.3, -0.25) is 0 Å². The molecule has 0 amide bonds. The van der Waals surface area contributed by atoms with Crippen molar-refractivity contribution in [2.45, 2.75) is 39.2 Å². The maximum atomic E-state index is 3.65. The van der Waals surface area contributed by atoms with Crippen LogP contribution in [0.2, 0.25) is 0 Å². The zero-order valence-electron chi connectivity index (χ0n) is 10.1. The van der Waals surface area contributed by atoms with E-state index in [9.17, 15) is 0 Å². The van der Waals surface area contributed by atoms with Crippen molar-refractivity contribution in [2.24, 2.45) is 5.92 Å². The third-order valence-electron chi connectivity index (χ3n) is 3.62. The lowest BCUT2D eigenvalue weighted by Crippen LogP contribution is -2.32. The molecule has 0 bridgehead atoms. The lowest BCUT2D eigenvalue weighted by molar-refractivity contribution is 0.232. The van der Waals surface area contributed by atoms with Gasteiger partial charge in [0.05, 0.1) is 0 Å². The third-order valence-corrected chi connectivity index (χ3v) is 4.11. The molecule has 2 heteroatoms. The Morgan fingerprint density at radius 1 is 1.44 bits per heavy atom. The first-order valence-corrected chi connectivity index (χ1v) is 7.01. The Labute approximate surface area is 107 Å². The smallest absolute Gasteiger partial charge is 0.0351 e. The molecule has 0 radical (unpaired) electrons. The average molecular weight is 282 g/mol. The number of hydrogen-bond acceptors (Lipinski definition) is 1. The van der Waals surface area contributed by atoms with Crippen molar-refractivity contribution in [3.63, 3.8) is 0 Å². The lowest BCUT2D eigenvalue weighted by Gasteiger charge is -2.35. The van der Waals surface area contributed by atoms with Gasteiger partial charge in [-0.25, -0.2) is 0 Å². The van der Waals surface area contributed by atoms with Crippen LogP contribution in [0, 0.1) is 12.8 Å². The highest BCUT2D eigenvalue weighted by atomic mass is 79.9. The van der Waals surface area contributed by atoms with Gasteiger partial charge in [0.1, 0.15) is 0 Å². The van der Waals surface area contributed by atoms with E-state index in [-0.39, 0.29) is 0 Å². The first kappa shape index (κ1) is 12.1. The Morgan fingerprint density at radius 2 is 2.19 bits per heavy atom. The molecule has 0 aromatic heterocycles. The number of benzene rings is 1. The predicted octanol–water partition coefficient (Wildman–Crippen LogP) is 4.21. The van der Waals surface area contributed by atoms with E-state index in [0.29, 0.717) is 6.04 Å². The van der Waals surface area contributed by atoms with Crippen LogP contribution in [-0.2, 0) is 0 Å². The Kier molecular flexibility index (Phi) is 4.04. The molecule has 0 spiro atoms. The fourth-order valence-corrected chi connectivity index (χ4v) is 2.85. The quantitative estimate of drug-likeness (QED) is 0.872. The van der Waals surface area contributed by atoms with E-state index in [2.05, 4.69) is 53.3 Å². The molecular formula is C14H20BrN. The Morgan fingerprint density at radius 3 is 2.75 bits per heavy atom. The third kappa shape index (κ3) is 2.49. The largest absolute Gasteiger partial charge is 0.310 e. The Hall–Kier alpha value is -0.340. The molecule has 0 aliphatic heterocycles. The summed E-state index contributed by atoms with van der Waals surface area (Å²) in [6.45, 7) is 5.46. The highest BCUT2D eigenvalue weighted by Gasteiger charge is 2.28. The van der Waals surface area contributed by atoms with Gasteiger partial charge < -0.3 is 5.32 Å². The standard InChI is InChI=1S/C14H20BrN/c1-3-16-14(11-5-4-6-11)13-9-12(15)8-7-10(13)2/h7-9,11,14,16H,3-6H2,1-2H3. The highest BCUT2D eigenvalue weighted by Crippen LogP contribution is 2.39. The number of aryl methyl sites for hydroxylation is 1. The van der Waals surface area contributed by atoms with Crippen molar-refractivity contribution in [3.8, 4) is 0 Å². The summed E-state index contributed by atoms with van der Waals surface area (Å²) in [7, 11) is 0.